The molecule has 0 amide bonds. The van der Waals surface area contributed by atoms with Gasteiger partial charge in [-0.3, -0.25) is 4.79 Å². The Morgan fingerprint density at radius 1 is 1.18 bits per heavy atom. The van der Waals surface area contributed by atoms with Crippen molar-refractivity contribution in [1.29, 1.82) is 0 Å². The van der Waals surface area contributed by atoms with Gasteiger partial charge in [-0.15, -0.1) is 0 Å². The van der Waals surface area contributed by atoms with Crippen LogP contribution in [0.15, 0.2) is 12.2 Å². The summed E-state index contributed by atoms with van der Waals surface area (Å²) in [7, 11) is 0. The van der Waals surface area contributed by atoms with E-state index in [0.29, 0.717) is 6.42 Å². The first-order chi connectivity index (χ1) is 8.24. The molecule has 0 aliphatic carbocycles. The number of cyclic esters (lactones) is 1. The summed E-state index contributed by atoms with van der Waals surface area (Å²) in [6, 6.07) is 0. The SMILES string of the molecule is CC.CC.CCC.CCC[C@H]1C=CCC(=O)O1. The molecule has 1 heterocycles. The first-order valence-electron chi connectivity index (χ1n) is 7.10. The van der Waals surface area contributed by atoms with Gasteiger partial charge >= 0.3 is 5.97 Å². The summed E-state index contributed by atoms with van der Waals surface area (Å²) in [4.78, 5) is 10.7. The van der Waals surface area contributed by atoms with Gasteiger partial charge in [-0.05, 0) is 12.5 Å². The van der Waals surface area contributed by atoms with Crippen LogP contribution in [0.25, 0.3) is 0 Å². The molecule has 0 saturated carbocycles. The van der Waals surface area contributed by atoms with Crippen molar-refractivity contribution in [3.05, 3.63) is 12.2 Å². The number of carbonyl (C=O) groups is 1. The Morgan fingerprint density at radius 3 is 2.00 bits per heavy atom. The van der Waals surface area contributed by atoms with Crippen LogP contribution in [0.5, 0.6) is 0 Å². The number of esters is 1. The molecular formula is C15H32O2. The van der Waals surface area contributed by atoms with Gasteiger partial charge < -0.3 is 4.74 Å². The second-order valence-corrected chi connectivity index (χ2v) is 3.16. The first-order valence-corrected chi connectivity index (χ1v) is 7.10. The average Bonchev–Trinajstić information content (AvgIpc) is 2.36. The molecule has 1 aliphatic heterocycles. The van der Waals surface area contributed by atoms with Crippen LogP contribution >= 0.6 is 0 Å². The standard InChI is InChI=1S/C8H12O2.C3H8.2C2H6/c1-2-4-7-5-3-6-8(9)10-7;1-3-2;2*1-2/h3,5,7H,2,4,6H2,1H3;3H2,1-2H3;2*1-2H3/t7-;;;/m0.../s1. The molecule has 0 N–H and O–H groups in total. The minimum Gasteiger partial charge on any atom is -0.458 e. The lowest BCUT2D eigenvalue weighted by atomic mass is 10.1. The molecule has 104 valence electrons. The van der Waals surface area contributed by atoms with Crippen LogP contribution in [0.4, 0.5) is 0 Å². The molecule has 0 spiro atoms. The van der Waals surface area contributed by atoms with Gasteiger partial charge in [-0.25, -0.2) is 0 Å². The molecule has 0 fully saturated rings. The lowest BCUT2D eigenvalue weighted by Crippen LogP contribution is -2.18. The van der Waals surface area contributed by atoms with Gasteiger partial charge in [0, 0.05) is 0 Å². The first kappa shape index (κ1) is 21.5. The van der Waals surface area contributed by atoms with Crippen molar-refractivity contribution in [3.63, 3.8) is 0 Å². The molecule has 17 heavy (non-hydrogen) atoms. The summed E-state index contributed by atoms with van der Waals surface area (Å²) >= 11 is 0. The highest BCUT2D eigenvalue weighted by atomic mass is 16.5. The summed E-state index contributed by atoms with van der Waals surface area (Å²) < 4.78 is 5.00. The normalized spacial score (nSPS) is 16.2. The maximum absolute atomic E-state index is 10.7. The summed E-state index contributed by atoms with van der Waals surface area (Å²) in [6.07, 6.45) is 7.59. The number of hydrogen-bond acceptors (Lipinski definition) is 2. The average molecular weight is 244 g/mol. The van der Waals surface area contributed by atoms with Gasteiger partial charge in [0.05, 0.1) is 6.42 Å². The lowest BCUT2D eigenvalue weighted by molar-refractivity contribution is -0.147. The fraction of sp³-hybridized carbons (Fsp3) is 0.800. The van der Waals surface area contributed by atoms with Gasteiger partial charge in [-0.2, -0.15) is 0 Å². The molecule has 2 nitrogen and oxygen atoms in total. The zero-order valence-electron chi connectivity index (χ0n) is 12.9. The largest absolute Gasteiger partial charge is 0.458 e. The van der Waals surface area contributed by atoms with E-state index in [1.54, 1.807) is 0 Å². The molecule has 0 saturated heterocycles. The maximum Gasteiger partial charge on any atom is 0.310 e. The monoisotopic (exact) mass is 244 g/mol. The maximum atomic E-state index is 10.7. The van der Waals surface area contributed by atoms with Gasteiger partial charge in [0.25, 0.3) is 0 Å². The minimum atomic E-state index is -0.0963. The third kappa shape index (κ3) is 17.8. The Kier molecular flexibility index (Phi) is 26.0. The molecule has 0 unspecified atom stereocenters. The lowest BCUT2D eigenvalue weighted by Gasteiger charge is -2.15. The van der Waals surface area contributed by atoms with Crippen molar-refractivity contribution in [2.45, 2.75) is 80.3 Å². The molecule has 0 aromatic rings. The highest BCUT2D eigenvalue weighted by molar-refractivity contribution is 5.72. The van der Waals surface area contributed by atoms with Crippen molar-refractivity contribution < 1.29 is 9.53 Å². The number of rotatable bonds is 2. The Morgan fingerprint density at radius 2 is 1.65 bits per heavy atom. The molecule has 0 aromatic heterocycles. The zero-order chi connectivity index (χ0) is 14.1. The van der Waals surface area contributed by atoms with Gasteiger partial charge in [-0.1, -0.05) is 67.4 Å². The number of carbonyl (C=O) groups excluding carboxylic acids is 1. The number of hydrogen-bond donors (Lipinski definition) is 0. The Labute approximate surface area is 108 Å². The third-order valence-electron chi connectivity index (χ3n) is 1.49. The van der Waals surface area contributed by atoms with Crippen molar-refractivity contribution in [2.75, 3.05) is 0 Å². The number of ether oxygens (including phenoxy) is 1. The Balaban J connectivity index is -0.000000239. The van der Waals surface area contributed by atoms with E-state index in [2.05, 4.69) is 20.8 Å². The highest BCUT2D eigenvalue weighted by Crippen LogP contribution is 2.10. The molecule has 1 rings (SSSR count). The van der Waals surface area contributed by atoms with E-state index in [1.807, 2.05) is 39.8 Å². The van der Waals surface area contributed by atoms with Crippen LogP contribution in [0.1, 0.15) is 74.1 Å². The molecule has 0 aromatic carbocycles. The van der Waals surface area contributed by atoms with Crippen LogP contribution in [-0.2, 0) is 9.53 Å². The van der Waals surface area contributed by atoms with Crippen LogP contribution in [0.3, 0.4) is 0 Å². The second-order valence-electron chi connectivity index (χ2n) is 3.16. The van der Waals surface area contributed by atoms with Crippen LogP contribution in [0.2, 0.25) is 0 Å². The van der Waals surface area contributed by atoms with Gasteiger partial charge in [0.2, 0.25) is 0 Å². The van der Waals surface area contributed by atoms with Crippen molar-refractivity contribution in [1.82, 2.24) is 0 Å². The van der Waals surface area contributed by atoms with Crippen molar-refractivity contribution >= 4 is 5.97 Å². The minimum absolute atomic E-state index is 0.0475. The van der Waals surface area contributed by atoms with E-state index in [-0.39, 0.29) is 12.1 Å². The van der Waals surface area contributed by atoms with Crippen LogP contribution in [0, 0.1) is 0 Å². The summed E-state index contributed by atoms with van der Waals surface area (Å²) in [5.74, 6) is -0.0963. The quantitative estimate of drug-likeness (QED) is 0.497. The fourth-order valence-corrected chi connectivity index (χ4v) is 1.01. The molecule has 1 atom stereocenters. The van der Waals surface area contributed by atoms with E-state index >= 15 is 0 Å². The molecule has 1 aliphatic rings. The van der Waals surface area contributed by atoms with Gasteiger partial charge in [0.15, 0.2) is 0 Å². The van der Waals surface area contributed by atoms with E-state index in [0.717, 1.165) is 12.8 Å². The highest BCUT2D eigenvalue weighted by Gasteiger charge is 2.13. The van der Waals surface area contributed by atoms with Crippen LogP contribution in [-0.4, -0.2) is 12.1 Å². The Hall–Kier alpha value is -0.790. The smallest absolute Gasteiger partial charge is 0.310 e. The third-order valence-corrected chi connectivity index (χ3v) is 1.49. The van der Waals surface area contributed by atoms with E-state index in [9.17, 15) is 4.79 Å². The second kappa shape index (κ2) is 20.6. The predicted octanol–water partition coefficient (Wildman–Crippen LogP) is 5.13. The van der Waals surface area contributed by atoms with Crippen LogP contribution < -0.4 is 0 Å². The fourth-order valence-electron chi connectivity index (χ4n) is 1.01. The van der Waals surface area contributed by atoms with E-state index < -0.39 is 0 Å². The summed E-state index contributed by atoms with van der Waals surface area (Å²) in [5.41, 5.74) is 0. The molecule has 0 bridgehead atoms. The summed E-state index contributed by atoms with van der Waals surface area (Å²) in [6.45, 7) is 14.3. The molecule has 0 radical (unpaired) electrons. The molecular weight excluding hydrogens is 212 g/mol. The summed E-state index contributed by atoms with van der Waals surface area (Å²) in [5, 5.41) is 0. The molecule has 2 heteroatoms. The topological polar surface area (TPSA) is 26.3 Å². The Bertz CT molecular complexity index is 162. The van der Waals surface area contributed by atoms with E-state index in [1.165, 1.54) is 6.42 Å². The van der Waals surface area contributed by atoms with Gasteiger partial charge in [0.1, 0.15) is 6.10 Å². The zero-order valence-corrected chi connectivity index (χ0v) is 12.9. The van der Waals surface area contributed by atoms with Crippen molar-refractivity contribution in [3.8, 4) is 0 Å². The predicted molar refractivity (Wildman–Crippen MR) is 77.2 cm³/mol. The van der Waals surface area contributed by atoms with E-state index in [4.69, 9.17) is 4.74 Å². The van der Waals surface area contributed by atoms with Crippen molar-refractivity contribution in [2.24, 2.45) is 0 Å².